The molecule has 29 heavy (non-hydrogen) atoms. The average molecular weight is 387 g/mol. The Labute approximate surface area is 176 Å². The van der Waals surface area contributed by atoms with E-state index in [2.05, 4.69) is 90.1 Å². The smallest absolute Gasteiger partial charge is 0.0843 e. The summed E-state index contributed by atoms with van der Waals surface area (Å²) in [5.41, 5.74) is 11.6. The Morgan fingerprint density at radius 1 is 0.690 bits per heavy atom. The van der Waals surface area contributed by atoms with Crippen molar-refractivity contribution < 1.29 is 5.11 Å². The standard InChI is InChI=1S/C28H34O/c1-17(2)24-11-9-22(15-18(24)3)23-10-12-25(19(4)16-23)26-13-14-27(28(7,8)29)21(6)20(26)5/h9-17,29H,1-8H3. The molecule has 0 aliphatic rings. The second kappa shape index (κ2) is 7.80. The van der Waals surface area contributed by atoms with Gasteiger partial charge >= 0.3 is 0 Å². The predicted molar refractivity (Wildman–Crippen MR) is 126 cm³/mol. The van der Waals surface area contributed by atoms with Crippen molar-refractivity contribution in [2.75, 3.05) is 0 Å². The summed E-state index contributed by atoms with van der Waals surface area (Å²) in [5, 5.41) is 10.4. The first-order valence-electron chi connectivity index (χ1n) is 10.6. The Bertz CT molecular complexity index is 1050. The maximum atomic E-state index is 10.4. The maximum Gasteiger partial charge on any atom is 0.0843 e. The van der Waals surface area contributed by atoms with Crippen LogP contribution in [0, 0.1) is 27.7 Å². The van der Waals surface area contributed by atoms with Crippen molar-refractivity contribution in [3.05, 3.63) is 81.9 Å². The van der Waals surface area contributed by atoms with E-state index in [1.54, 1.807) is 0 Å². The zero-order chi connectivity index (χ0) is 21.5. The summed E-state index contributed by atoms with van der Waals surface area (Å²) in [6, 6.07) is 17.8. The van der Waals surface area contributed by atoms with Gasteiger partial charge in [0, 0.05) is 0 Å². The molecule has 0 aliphatic carbocycles. The molecular weight excluding hydrogens is 352 g/mol. The SMILES string of the molecule is Cc1cc(-c2ccc(C(C)C)c(C)c2)ccc1-c1ccc(C(C)(C)O)c(C)c1C. The monoisotopic (exact) mass is 386 g/mol. The van der Waals surface area contributed by atoms with Crippen molar-refractivity contribution in [3.8, 4) is 22.3 Å². The van der Waals surface area contributed by atoms with E-state index in [1.165, 1.54) is 50.1 Å². The number of benzene rings is 3. The molecule has 3 aromatic rings. The van der Waals surface area contributed by atoms with E-state index < -0.39 is 5.60 Å². The summed E-state index contributed by atoms with van der Waals surface area (Å²) in [6.45, 7) is 16.8. The van der Waals surface area contributed by atoms with Gasteiger partial charge in [0.2, 0.25) is 0 Å². The van der Waals surface area contributed by atoms with Gasteiger partial charge in [0.1, 0.15) is 0 Å². The van der Waals surface area contributed by atoms with Gasteiger partial charge < -0.3 is 5.11 Å². The van der Waals surface area contributed by atoms with E-state index >= 15 is 0 Å². The highest BCUT2D eigenvalue weighted by Crippen LogP contribution is 2.35. The van der Waals surface area contributed by atoms with Crippen molar-refractivity contribution in [2.45, 2.75) is 66.9 Å². The number of aryl methyl sites for hydroxylation is 2. The van der Waals surface area contributed by atoms with Crippen molar-refractivity contribution in [3.63, 3.8) is 0 Å². The predicted octanol–water partition coefficient (Wildman–Crippen LogP) is 7.61. The van der Waals surface area contributed by atoms with Crippen LogP contribution in [0.1, 0.15) is 67.0 Å². The minimum absolute atomic E-state index is 0.547. The van der Waals surface area contributed by atoms with Gasteiger partial charge in [-0.3, -0.25) is 0 Å². The van der Waals surface area contributed by atoms with Crippen molar-refractivity contribution in [1.29, 1.82) is 0 Å². The van der Waals surface area contributed by atoms with E-state index in [9.17, 15) is 5.11 Å². The molecule has 0 amide bonds. The van der Waals surface area contributed by atoms with Gasteiger partial charge in [-0.2, -0.15) is 0 Å². The van der Waals surface area contributed by atoms with Crippen LogP contribution in [0.5, 0.6) is 0 Å². The van der Waals surface area contributed by atoms with E-state index in [0.29, 0.717) is 5.92 Å². The van der Waals surface area contributed by atoms with Gasteiger partial charge in [-0.1, -0.05) is 62.4 Å². The highest BCUT2D eigenvalue weighted by atomic mass is 16.3. The second-order valence-electron chi connectivity index (χ2n) is 9.23. The third kappa shape index (κ3) is 4.16. The molecule has 0 heterocycles. The molecule has 0 aliphatic heterocycles. The molecule has 0 saturated heterocycles. The molecule has 0 unspecified atom stereocenters. The minimum Gasteiger partial charge on any atom is -0.386 e. The first-order valence-corrected chi connectivity index (χ1v) is 10.6. The van der Waals surface area contributed by atoms with Crippen LogP contribution in [0.15, 0.2) is 48.5 Å². The Kier molecular flexibility index (Phi) is 5.74. The highest BCUT2D eigenvalue weighted by Gasteiger charge is 2.21. The lowest BCUT2D eigenvalue weighted by molar-refractivity contribution is 0.0779. The Morgan fingerprint density at radius 3 is 1.76 bits per heavy atom. The van der Waals surface area contributed by atoms with Crippen LogP contribution < -0.4 is 0 Å². The van der Waals surface area contributed by atoms with Gasteiger partial charge in [-0.05, 0) is 103 Å². The molecule has 0 spiro atoms. The van der Waals surface area contributed by atoms with Gasteiger partial charge in [-0.25, -0.2) is 0 Å². The van der Waals surface area contributed by atoms with Gasteiger partial charge in [0.05, 0.1) is 5.60 Å². The number of aliphatic hydroxyl groups is 1. The summed E-state index contributed by atoms with van der Waals surface area (Å²) >= 11 is 0. The molecule has 0 fully saturated rings. The molecule has 0 radical (unpaired) electrons. The maximum absolute atomic E-state index is 10.4. The lowest BCUT2D eigenvalue weighted by Crippen LogP contribution is -2.17. The molecule has 3 rings (SSSR count). The fraction of sp³-hybridized carbons (Fsp3) is 0.357. The van der Waals surface area contributed by atoms with Crippen molar-refractivity contribution >= 4 is 0 Å². The van der Waals surface area contributed by atoms with Crippen molar-refractivity contribution in [1.82, 2.24) is 0 Å². The van der Waals surface area contributed by atoms with Crippen molar-refractivity contribution in [2.24, 2.45) is 0 Å². The largest absolute Gasteiger partial charge is 0.386 e. The summed E-state index contributed by atoms with van der Waals surface area (Å²) in [5.74, 6) is 0.547. The fourth-order valence-electron chi connectivity index (χ4n) is 4.42. The molecule has 0 atom stereocenters. The van der Waals surface area contributed by atoms with Crippen LogP contribution in [-0.2, 0) is 5.60 Å². The molecule has 0 bridgehead atoms. The molecule has 3 aromatic carbocycles. The molecule has 0 aromatic heterocycles. The third-order valence-corrected chi connectivity index (χ3v) is 6.19. The number of hydrogen-bond donors (Lipinski definition) is 1. The summed E-state index contributed by atoms with van der Waals surface area (Å²) < 4.78 is 0. The lowest BCUT2D eigenvalue weighted by Gasteiger charge is -2.23. The molecule has 1 heteroatoms. The van der Waals surface area contributed by atoms with Crippen LogP contribution in [-0.4, -0.2) is 5.11 Å². The molecular formula is C28H34O. The van der Waals surface area contributed by atoms with Crippen LogP contribution in [0.25, 0.3) is 22.3 Å². The second-order valence-corrected chi connectivity index (χ2v) is 9.23. The zero-order valence-corrected chi connectivity index (χ0v) is 19.1. The fourth-order valence-corrected chi connectivity index (χ4v) is 4.42. The van der Waals surface area contributed by atoms with Crippen LogP contribution in [0.4, 0.5) is 0 Å². The normalized spacial score (nSPS) is 11.9. The zero-order valence-electron chi connectivity index (χ0n) is 19.1. The van der Waals surface area contributed by atoms with Crippen LogP contribution in [0.2, 0.25) is 0 Å². The average Bonchev–Trinajstić information content (AvgIpc) is 2.62. The number of rotatable bonds is 4. The van der Waals surface area contributed by atoms with E-state index in [-0.39, 0.29) is 0 Å². The first kappa shape index (κ1) is 21.3. The Hall–Kier alpha value is -2.38. The van der Waals surface area contributed by atoms with Crippen LogP contribution >= 0.6 is 0 Å². The molecule has 152 valence electrons. The Balaban J connectivity index is 2.03. The molecule has 1 N–H and O–H groups in total. The summed E-state index contributed by atoms with van der Waals surface area (Å²) in [4.78, 5) is 0. The Morgan fingerprint density at radius 2 is 1.24 bits per heavy atom. The van der Waals surface area contributed by atoms with E-state index in [1.807, 2.05) is 13.8 Å². The number of hydrogen-bond acceptors (Lipinski definition) is 1. The van der Waals surface area contributed by atoms with E-state index in [4.69, 9.17) is 0 Å². The quantitative estimate of drug-likeness (QED) is 0.489. The topological polar surface area (TPSA) is 20.2 Å². The molecule has 1 nitrogen and oxygen atoms in total. The van der Waals surface area contributed by atoms with Gasteiger partial charge in [-0.15, -0.1) is 0 Å². The van der Waals surface area contributed by atoms with E-state index in [0.717, 1.165) is 5.56 Å². The lowest BCUT2D eigenvalue weighted by atomic mass is 9.85. The summed E-state index contributed by atoms with van der Waals surface area (Å²) in [7, 11) is 0. The van der Waals surface area contributed by atoms with Gasteiger partial charge in [0.15, 0.2) is 0 Å². The summed E-state index contributed by atoms with van der Waals surface area (Å²) in [6.07, 6.45) is 0. The third-order valence-electron chi connectivity index (χ3n) is 6.19. The minimum atomic E-state index is -0.827. The molecule has 0 saturated carbocycles. The van der Waals surface area contributed by atoms with Gasteiger partial charge in [0.25, 0.3) is 0 Å². The highest BCUT2D eigenvalue weighted by molar-refractivity contribution is 5.76. The first-order chi connectivity index (χ1) is 13.5. The van der Waals surface area contributed by atoms with Crippen LogP contribution in [0.3, 0.4) is 0 Å².